The molecule has 11 nitrogen and oxygen atoms in total. The van der Waals surface area contributed by atoms with E-state index in [9.17, 15) is 14.4 Å². The van der Waals surface area contributed by atoms with E-state index in [2.05, 4.69) is 31.0 Å². The lowest BCUT2D eigenvalue weighted by atomic mass is 10.2. The van der Waals surface area contributed by atoms with Crippen LogP contribution in [-0.2, 0) is 20.9 Å². The predicted octanol–water partition coefficient (Wildman–Crippen LogP) is 3.68. The van der Waals surface area contributed by atoms with Gasteiger partial charge in [-0.2, -0.15) is 0 Å². The van der Waals surface area contributed by atoms with Crippen molar-refractivity contribution in [3.63, 3.8) is 0 Å². The van der Waals surface area contributed by atoms with Crippen LogP contribution in [0.25, 0.3) is 11.4 Å². The van der Waals surface area contributed by atoms with E-state index in [0.29, 0.717) is 33.8 Å². The second-order valence-electron chi connectivity index (χ2n) is 7.98. The molecular weight excluding hydrogens is 506 g/mol. The number of carbonyl (C=O) groups excluding carboxylic acids is 3. The summed E-state index contributed by atoms with van der Waals surface area (Å²) in [6.45, 7) is 1.31. The molecule has 0 aliphatic rings. The average molecular weight is 532 g/mol. The van der Waals surface area contributed by atoms with Gasteiger partial charge in [-0.3, -0.25) is 19.4 Å². The van der Waals surface area contributed by atoms with Gasteiger partial charge >= 0.3 is 0 Å². The summed E-state index contributed by atoms with van der Waals surface area (Å²) >= 11 is 1.17. The quantitative estimate of drug-likeness (QED) is 0.263. The highest BCUT2D eigenvalue weighted by atomic mass is 32.2. The molecule has 0 saturated heterocycles. The molecule has 12 heteroatoms. The number of nitrogens with zero attached hydrogens (tertiary/aromatic N) is 4. The Balaban J connectivity index is 1.44. The highest BCUT2D eigenvalue weighted by Gasteiger charge is 2.17. The molecule has 2 aromatic heterocycles. The largest absolute Gasteiger partial charge is 0.497 e. The number of rotatable bonds is 10. The van der Waals surface area contributed by atoms with Crippen molar-refractivity contribution in [3.05, 3.63) is 73.1 Å². The van der Waals surface area contributed by atoms with Gasteiger partial charge in [-0.05, 0) is 60.7 Å². The smallest absolute Gasteiger partial charge is 0.246 e. The topological polar surface area (TPSA) is 140 Å². The van der Waals surface area contributed by atoms with Crippen molar-refractivity contribution in [1.29, 1.82) is 0 Å². The van der Waals surface area contributed by atoms with Crippen LogP contribution in [0.2, 0.25) is 0 Å². The monoisotopic (exact) mass is 531 g/mol. The first-order valence-corrected chi connectivity index (χ1v) is 12.5. The number of methoxy groups -OCH3 is 1. The lowest BCUT2D eigenvalue weighted by molar-refractivity contribution is -0.117. The minimum Gasteiger partial charge on any atom is -0.497 e. The SMILES string of the molecule is COc1ccc(NC(=O)CSc2nc(-c3ccncc3)nn2CC(=O)Nc2ccc(NC(C)=O)cc2)cc1. The Hall–Kier alpha value is -4.71. The molecule has 3 N–H and O–H groups in total. The predicted molar refractivity (Wildman–Crippen MR) is 145 cm³/mol. The molecule has 2 heterocycles. The molecule has 0 spiro atoms. The zero-order valence-electron chi connectivity index (χ0n) is 20.7. The summed E-state index contributed by atoms with van der Waals surface area (Å²) in [5.41, 5.74) is 2.56. The molecule has 4 rings (SSSR count). The number of hydrogen-bond donors (Lipinski definition) is 3. The molecule has 38 heavy (non-hydrogen) atoms. The van der Waals surface area contributed by atoms with Gasteiger partial charge < -0.3 is 20.7 Å². The summed E-state index contributed by atoms with van der Waals surface area (Å²) in [6.07, 6.45) is 3.25. The summed E-state index contributed by atoms with van der Waals surface area (Å²) < 4.78 is 6.59. The van der Waals surface area contributed by atoms with Gasteiger partial charge in [-0.15, -0.1) is 5.10 Å². The standard InChI is InChI=1S/C26H25N7O4S/c1-17(34)28-19-3-5-20(6-4-19)29-23(35)15-33-26(31-25(32-33)18-11-13-27-14-12-18)38-16-24(36)30-21-7-9-22(37-2)10-8-21/h3-14H,15-16H2,1-2H3,(H,28,34)(H,29,35)(H,30,36). The van der Waals surface area contributed by atoms with Gasteiger partial charge in [0.2, 0.25) is 17.7 Å². The first-order valence-electron chi connectivity index (χ1n) is 11.5. The first kappa shape index (κ1) is 26.4. The Morgan fingerprint density at radius 1 is 0.842 bits per heavy atom. The summed E-state index contributed by atoms with van der Waals surface area (Å²) in [5.74, 6) is 0.429. The maximum atomic E-state index is 12.8. The van der Waals surface area contributed by atoms with Gasteiger partial charge in [-0.1, -0.05) is 11.8 Å². The maximum Gasteiger partial charge on any atom is 0.246 e. The number of aromatic nitrogens is 4. The second kappa shape index (κ2) is 12.5. The fourth-order valence-electron chi connectivity index (χ4n) is 3.34. The number of amides is 3. The van der Waals surface area contributed by atoms with Crippen molar-refractivity contribution in [2.24, 2.45) is 0 Å². The van der Waals surface area contributed by atoms with E-state index >= 15 is 0 Å². The van der Waals surface area contributed by atoms with Crippen LogP contribution in [0, 0.1) is 0 Å². The molecule has 0 fully saturated rings. The number of ether oxygens (including phenoxy) is 1. The average Bonchev–Trinajstić information content (AvgIpc) is 3.31. The summed E-state index contributed by atoms with van der Waals surface area (Å²) in [7, 11) is 1.57. The van der Waals surface area contributed by atoms with E-state index in [1.807, 2.05) is 0 Å². The minimum absolute atomic E-state index is 0.0622. The molecule has 0 saturated carbocycles. The molecule has 0 radical (unpaired) electrons. The maximum absolute atomic E-state index is 12.8. The Labute approximate surface area is 223 Å². The van der Waals surface area contributed by atoms with Gasteiger partial charge in [0.25, 0.3) is 0 Å². The lowest BCUT2D eigenvalue weighted by Gasteiger charge is -2.09. The van der Waals surface area contributed by atoms with Gasteiger partial charge in [0, 0.05) is 41.9 Å². The first-order chi connectivity index (χ1) is 18.4. The summed E-state index contributed by atoms with van der Waals surface area (Å²) in [4.78, 5) is 45.1. The molecule has 0 atom stereocenters. The van der Waals surface area contributed by atoms with Crippen LogP contribution >= 0.6 is 11.8 Å². The minimum atomic E-state index is -0.326. The molecular formula is C26H25N7O4S. The normalized spacial score (nSPS) is 10.5. The van der Waals surface area contributed by atoms with E-state index in [4.69, 9.17) is 4.74 Å². The highest BCUT2D eigenvalue weighted by molar-refractivity contribution is 7.99. The van der Waals surface area contributed by atoms with Crippen molar-refractivity contribution < 1.29 is 19.1 Å². The van der Waals surface area contributed by atoms with Crippen molar-refractivity contribution in [2.45, 2.75) is 18.6 Å². The van der Waals surface area contributed by atoms with E-state index in [1.54, 1.807) is 80.2 Å². The molecule has 3 amide bonds. The Bertz CT molecular complexity index is 1410. The van der Waals surface area contributed by atoms with Crippen molar-refractivity contribution in [2.75, 3.05) is 28.8 Å². The van der Waals surface area contributed by atoms with Gasteiger partial charge in [-0.25, -0.2) is 9.67 Å². The number of nitrogens with one attached hydrogen (secondary N) is 3. The van der Waals surface area contributed by atoms with Crippen molar-refractivity contribution >= 4 is 46.5 Å². The molecule has 0 aliphatic heterocycles. The molecule has 2 aromatic carbocycles. The molecule has 194 valence electrons. The Morgan fingerprint density at radius 2 is 1.42 bits per heavy atom. The molecule has 0 bridgehead atoms. The zero-order chi connectivity index (χ0) is 26.9. The van der Waals surface area contributed by atoms with Crippen LogP contribution in [0.1, 0.15) is 6.92 Å². The van der Waals surface area contributed by atoms with Crippen molar-refractivity contribution in [3.8, 4) is 17.1 Å². The van der Waals surface area contributed by atoms with Crippen molar-refractivity contribution in [1.82, 2.24) is 19.7 Å². The molecule has 4 aromatic rings. The second-order valence-corrected chi connectivity index (χ2v) is 8.93. The molecule has 0 unspecified atom stereocenters. The lowest BCUT2D eigenvalue weighted by Crippen LogP contribution is -2.21. The third-order valence-electron chi connectivity index (χ3n) is 5.06. The van der Waals surface area contributed by atoms with Crippen LogP contribution in [0.5, 0.6) is 5.75 Å². The van der Waals surface area contributed by atoms with E-state index < -0.39 is 0 Å². The number of benzene rings is 2. The van der Waals surface area contributed by atoms with Gasteiger partial charge in [0.1, 0.15) is 12.3 Å². The van der Waals surface area contributed by atoms with Crippen LogP contribution in [-0.4, -0.2) is 50.3 Å². The fraction of sp³-hybridized carbons (Fsp3) is 0.154. The zero-order valence-corrected chi connectivity index (χ0v) is 21.5. The van der Waals surface area contributed by atoms with E-state index in [1.165, 1.54) is 23.4 Å². The number of anilines is 3. The fourth-order valence-corrected chi connectivity index (χ4v) is 4.08. The Morgan fingerprint density at radius 3 is 2.03 bits per heavy atom. The molecule has 0 aliphatic carbocycles. The van der Waals surface area contributed by atoms with Crippen LogP contribution in [0.15, 0.2) is 78.2 Å². The number of hydrogen-bond acceptors (Lipinski definition) is 8. The van der Waals surface area contributed by atoms with Gasteiger partial charge in [0.05, 0.1) is 12.9 Å². The van der Waals surface area contributed by atoms with Crippen LogP contribution in [0.3, 0.4) is 0 Å². The van der Waals surface area contributed by atoms with E-state index in [-0.39, 0.29) is 30.0 Å². The van der Waals surface area contributed by atoms with E-state index in [0.717, 1.165) is 5.56 Å². The van der Waals surface area contributed by atoms with Crippen LogP contribution < -0.4 is 20.7 Å². The summed E-state index contributed by atoms with van der Waals surface area (Å²) in [5, 5.41) is 13.2. The number of carbonyl (C=O) groups is 3. The third-order valence-corrected chi connectivity index (χ3v) is 6.03. The highest BCUT2D eigenvalue weighted by Crippen LogP contribution is 2.23. The number of pyridine rings is 1. The number of thioether (sulfide) groups is 1. The van der Waals surface area contributed by atoms with Crippen LogP contribution in [0.4, 0.5) is 17.1 Å². The third kappa shape index (κ3) is 7.40. The Kier molecular flexibility index (Phi) is 8.67. The van der Waals surface area contributed by atoms with Gasteiger partial charge in [0.15, 0.2) is 11.0 Å². The summed E-state index contributed by atoms with van der Waals surface area (Å²) in [6, 6.07) is 17.3.